The van der Waals surface area contributed by atoms with Crippen molar-refractivity contribution < 1.29 is 0 Å². The van der Waals surface area contributed by atoms with E-state index in [9.17, 15) is 4.79 Å². The maximum absolute atomic E-state index is 13.2. The molecule has 0 bridgehead atoms. The number of pyridine rings is 1. The number of hydrogen-bond acceptors (Lipinski definition) is 5. The number of hydrogen-bond donors (Lipinski definition) is 1. The van der Waals surface area contributed by atoms with Crippen molar-refractivity contribution in [3.8, 4) is 0 Å². The molecule has 1 aromatic carbocycles. The van der Waals surface area contributed by atoms with Crippen molar-refractivity contribution in [2.75, 3.05) is 0 Å². The van der Waals surface area contributed by atoms with Crippen molar-refractivity contribution >= 4 is 21.6 Å². The van der Waals surface area contributed by atoms with Gasteiger partial charge in [0, 0.05) is 23.2 Å². The van der Waals surface area contributed by atoms with Gasteiger partial charge in [-0.2, -0.15) is 0 Å². The third-order valence-electron chi connectivity index (χ3n) is 5.75. The van der Waals surface area contributed by atoms with Crippen LogP contribution in [0.1, 0.15) is 33.8 Å². The average molecular weight is 417 g/mol. The van der Waals surface area contributed by atoms with Gasteiger partial charge < -0.3 is 5.32 Å². The minimum atomic E-state index is 0.0523. The minimum Gasteiger partial charge on any atom is -0.310 e. The van der Waals surface area contributed by atoms with Crippen LogP contribution < -0.4 is 10.9 Å². The molecule has 0 radical (unpaired) electrons. The molecule has 1 atom stereocenters. The molecule has 30 heavy (non-hydrogen) atoms. The Morgan fingerprint density at radius 1 is 1.17 bits per heavy atom. The zero-order valence-corrected chi connectivity index (χ0v) is 17.8. The molecule has 0 unspecified atom stereocenters. The Bertz CT molecular complexity index is 1250. The van der Waals surface area contributed by atoms with Crippen LogP contribution in [0.25, 0.3) is 10.2 Å². The summed E-state index contributed by atoms with van der Waals surface area (Å²) >= 11 is 1.68. The second-order valence-corrected chi connectivity index (χ2v) is 9.02. The zero-order chi connectivity index (χ0) is 20.5. The van der Waals surface area contributed by atoms with E-state index in [1.165, 1.54) is 16.0 Å². The SMILES string of the molecule is Cc1cccc(Cn2cnc3sc4c(c3c2=O)CC[C@H](NCc2ccccc2)C4)n1. The molecule has 152 valence electrons. The van der Waals surface area contributed by atoms with Crippen LogP contribution in [0.2, 0.25) is 0 Å². The Kier molecular flexibility index (Phi) is 5.19. The van der Waals surface area contributed by atoms with Crippen LogP contribution in [0.15, 0.2) is 59.7 Å². The van der Waals surface area contributed by atoms with Gasteiger partial charge in [0.1, 0.15) is 4.83 Å². The third-order valence-corrected chi connectivity index (χ3v) is 6.91. The van der Waals surface area contributed by atoms with Crippen molar-refractivity contribution in [1.82, 2.24) is 19.9 Å². The molecule has 0 saturated heterocycles. The number of nitrogens with zero attached hydrogens (tertiary/aromatic N) is 3. The lowest BCUT2D eigenvalue weighted by molar-refractivity contribution is 0.462. The van der Waals surface area contributed by atoms with Crippen LogP contribution in [0, 0.1) is 6.92 Å². The summed E-state index contributed by atoms with van der Waals surface area (Å²) in [4.78, 5) is 24.5. The number of fused-ring (bicyclic) bond motifs is 3. The standard InChI is InChI=1S/C24H24N4OS/c1-16-6-5-9-19(27-16)14-28-15-26-23-22(24(28)29)20-11-10-18(12-21(20)30-23)25-13-17-7-3-2-4-8-17/h2-9,15,18,25H,10-14H2,1H3/t18-/m0/s1. The lowest BCUT2D eigenvalue weighted by Gasteiger charge is -2.23. The molecule has 4 aromatic rings. The Morgan fingerprint density at radius 3 is 2.87 bits per heavy atom. The first-order valence-electron chi connectivity index (χ1n) is 10.4. The fourth-order valence-electron chi connectivity index (χ4n) is 4.21. The summed E-state index contributed by atoms with van der Waals surface area (Å²) in [6.45, 7) is 3.29. The number of thiophene rings is 1. The third kappa shape index (κ3) is 3.80. The molecule has 0 aliphatic heterocycles. The quantitative estimate of drug-likeness (QED) is 0.537. The van der Waals surface area contributed by atoms with Gasteiger partial charge in [-0.25, -0.2) is 4.98 Å². The molecule has 0 amide bonds. The Morgan fingerprint density at radius 2 is 2.03 bits per heavy atom. The maximum Gasteiger partial charge on any atom is 0.262 e. The first kappa shape index (κ1) is 19.2. The fourth-order valence-corrected chi connectivity index (χ4v) is 5.47. The summed E-state index contributed by atoms with van der Waals surface area (Å²) in [5, 5.41) is 4.49. The van der Waals surface area contributed by atoms with E-state index in [-0.39, 0.29) is 5.56 Å². The molecule has 6 heteroatoms. The number of aryl methyl sites for hydroxylation is 2. The fraction of sp³-hybridized carbons (Fsp3) is 0.292. The topological polar surface area (TPSA) is 59.8 Å². The van der Waals surface area contributed by atoms with Crippen LogP contribution in [-0.2, 0) is 25.9 Å². The molecule has 5 rings (SSSR count). The highest BCUT2D eigenvalue weighted by molar-refractivity contribution is 7.18. The van der Waals surface area contributed by atoms with Crippen LogP contribution in [-0.4, -0.2) is 20.6 Å². The molecule has 0 fully saturated rings. The second-order valence-electron chi connectivity index (χ2n) is 7.94. The van der Waals surface area contributed by atoms with Crippen LogP contribution >= 0.6 is 11.3 Å². The van der Waals surface area contributed by atoms with E-state index in [0.29, 0.717) is 12.6 Å². The predicted molar refractivity (Wildman–Crippen MR) is 121 cm³/mol. The van der Waals surface area contributed by atoms with Gasteiger partial charge in [-0.05, 0) is 49.4 Å². The van der Waals surface area contributed by atoms with Crippen molar-refractivity contribution in [2.45, 2.75) is 45.3 Å². The Hall–Kier alpha value is -2.83. The Labute approximate surface area is 179 Å². The van der Waals surface area contributed by atoms with E-state index in [4.69, 9.17) is 0 Å². The molecule has 1 N–H and O–H groups in total. The molecule has 1 aliphatic carbocycles. The van der Waals surface area contributed by atoms with Gasteiger partial charge in [0.05, 0.1) is 24.0 Å². The van der Waals surface area contributed by atoms with Crippen molar-refractivity contribution in [1.29, 1.82) is 0 Å². The smallest absolute Gasteiger partial charge is 0.262 e. The maximum atomic E-state index is 13.2. The monoisotopic (exact) mass is 416 g/mol. The van der Waals surface area contributed by atoms with Crippen LogP contribution in [0.3, 0.4) is 0 Å². The molecular formula is C24H24N4OS. The molecule has 5 nitrogen and oxygen atoms in total. The molecule has 0 saturated carbocycles. The highest BCUT2D eigenvalue weighted by Gasteiger charge is 2.25. The lowest BCUT2D eigenvalue weighted by atomic mass is 9.93. The van der Waals surface area contributed by atoms with Gasteiger partial charge >= 0.3 is 0 Å². The minimum absolute atomic E-state index is 0.0523. The summed E-state index contributed by atoms with van der Waals surface area (Å²) in [5.74, 6) is 0. The molecule has 1 aliphatic rings. The number of aromatic nitrogens is 3. The van der Waals surface area contributed by atoms with Gasteiger partial charge in [-0.3, -0.25) is 14.3 Å². The zero-order valence-electron chi connectivity index (χ0n) is 17.0. The van der Waals surface area contributed by atoms with Crippen molar-refractivity contribution in [3.05, 3.63) is 92.6 Å². The summed E-state index contributed by atoms with van der Waals surface area (Å²) in [5.41, 5.74) is 4.39. The van der Waals surface area contributed by atoms with Gasteiger partial charge in [-0.1, -0.05) is 36.4 Å². The van der Waals surface area contributed by atoms with Crippen molar-refractivity contribution in [3.63, 3.8) is 0 Å². The van der Waals surface area contributed by atoms with Crippen LogP contribution in [0.4, 0.5) is 0 Å². The highest BCUT2D eigenvalue weighted by Crippen LogP contribution is 2.33. The normalized spacial score (nSPS) is 16.0. The largest absolute Gasteiger partial charge is 0.310 e. The first-order chi connectivity index (χ1) is 14.7. The van der Waals surface area contributed by atoms with Gasteiger partial charge in [0.2, 0.25) is 0 Å². The number of rotatable bonds is 5. The molecular weight excluding hydrogens is 392 g/mol. The summed E-state index contributed by atoms with van der Waals surface area (Å²) in [7, 11) is 0. The molecule has 0 spiro atoms. The summed E-state index contributed by atoms with van der Waals surface area (Å²) < 4.78 is 1.69. The second kappa shape index (κ2) is 8.13. The van der Waals surface area contributed by atoms with E-state index in [1.54, 1.807) is 22.2 Å². The van der Waals surface area contributed by atoms with Crippen molar-refractivity contribution in [2.24, 2.45) is 0 Å². The van der Waals surface area contributed by atoms with E-state index >= 15 is 0 Å². The molecule has 3 aromatic heterocycles. The van der Waals surface area contributed by atoms with E-state index in [2.05, 4.69) is 39.6 Å². The molecule has 3 heterocycles. The highest BCUT2D eigenvalue weighted by atomic mass is 32.1. The lowest BCUT2D eigenvalue weighted by Crippen LogP contribution is -2.33. The Balaban J connectivity index is 1.38. The van der Waals surface area contributed by atoms with E-state index < -0.39 is 0 Å². The van der Waals surface area contributed by atoms with Gasteiger partial charge in [0.25, 0.3) is 5.56 Å². The summed E-state index contributed by atoms with van der Waals surface area (Å²) in [6.07, 6.45) is 4.59. The number of benzene rings is 1. The van der Waals surface area contributed by atoms with E-state index in [1.807, 2.05) is 31.2 Å². The first-order valence-corrected chi connectivity index (χ1v) is 11.2. The van der Waals surface area contributed by atoms with Crippen LogP contribution in [0.5, 0.6) is 0 Å². The van der Waals surface area contributed by atoms with Gasteiger partial charge in [0.15, 0.2) is 0 Å². The predicted octanol–water partition coefficient (Wildman–Crippen LogP) is 3.86. The van der Waals surface area contributed by atoms with Gasteiger partial charge in [-0.15, -0.1) is 11.3 Å². The summed E-state index contributed by atoms with van der Waals surface area (Å²) in [6, 6.07) is 16.8. The average Bonchev–Trinajstić information content (AvgIpc) is 3.13. The van der Waals surface area contributed by atoms with E-state index in [0.717, 1.165) is 47.4 Å². The number of nitrogens with one attached hydrogen (secondary N) is 1.